The van der Waals surface area contributed by atoms with Crippen LogP contribution in [0, 0.1) is 13.8 Å². The van der Waals surface area contributed by atoms with E-state index >= 15 is 0 Å². The molecule has 0 spiro atoms. The number of aryl methyl sites for hydroxylation is 2. The highest BCUT2D eigenvalue weighted by Crippen LogP contribution is 2.36. The maximum Gasteiger partial charge on any atom is 0.253 e. The van der Waals surface area contributed by atoms with Gasteiger partial charge in [-0.2, -0.15) is 0 Å². The molecule has 2 aromatic carbocycles. The van der Waals surface area contributed by atoms with Crippen molar-refractivity contribution in [2.45, 2.75) is 26.3 Å². The van der Waals surface area contributed by atoms with Crippen molar-refractivity contribution in [3.05, 3.63) is 57.1 Å². The molecule has 5 heteroatoms. The van der Waals surface area contributed by atoms with Crippen molar-refractivity contribution in [2.24, 2.45) is 0 Å². The van der Waals surface area contributed by atoms with E-state index in [0.29, 0.717) is 17.9 Å². The van der Waals surface area contributed by atoms with E-state index in [0.717, 1.165) is 27.8 Å². The maximum atomic E-state index is 12.7. The fourth-order valence-electron chi connectivity index (χ4n) is 3.07. The Bertz CT molecular complexity index is 788. The van der Waals surface area contributed by atoms with Gasteiger partial charge >= 0.3 is 0 Å². The lowest BCUT2D eigenvalue weighted by Crippen LogP contribution is -2.32. The van der Waals surface area contributed by atoms with Crippen LogP contribution < -0.4 is 14.8 Å². The number of fused-ring (bicyclic) bond motifs is 1. The van der Waals surface area contributed by atoms with E-state index in [-0.39, 0.29) is 11.9 Å². The Morgan fingerprint density at radius 2 is 2.08 bits per heavy atom. The number of amides is 1. The Hall–Kier alpha value is -2.01. The molecule has 0 saturated carbocycles. The normalized spacial score (nSPS) is 16.1. The molecular weight excluding hydrogens is 370 g/mol. The highest BCUT2D eigenvalue weighted by Gasteiger charge is 2.25. The van der Waals surface area contributed by atoms with Crippen molar-refractivity contribution in [1.29, 1.82) is 0 Å². The van der Waals surface area contributed by atoms with Crippen LogP contribution in [0.3, 0.4) is 0 Å². The van der Waals surface area contributed by atoms with E-state index in [2.05, 4.69) is 40.3 Å². The third kappa shape index (κ3) is 3.26. The van der Waals surface area contributed by atoms with E-state index in [4.69, 9.17) is 9.47 Å². The summed E-state index contributed by atoms with van der Waals surface area (Å²) in [6.07, 6.45) is 0.753. The Labute approximate surface area is 150 Å². The van der Waals surface area contributed by atoms with Crippen molar-refractivity contribution in [3.63, 3.8) is 0 Å². The third-order valence-electron chi connectivity index (χ3n) is 4.20. The van der Waals surface area contributed by atoms with Gasteiger partial charge in [0.2, 0.25) is 0 Å². The SMILES string of the molecule is COc1ccc(Br)c(C(=O)NC2CCOc3c(C)cc(C)cc32)c1. The second-order valence-corrected chi connectivity index (χ2v) is 6.86. The molecule has 0 saturated heterocycles. The minimum atomic E-state index is -0.127. The van der Waals surface area contributed by atoms with Crippen LogP contribution in [0.15, 0.2) is 34.8 Å². The molecular formula is C19H20BrNO3. The van der Waals surface area contributed by atoms with Crippen LogP contribution in [0.25, 0.3) is 0 Å². The molecule has 1 heterocycles. The van der Waals surface area contributed by atoms with Crippen molar-refractivity contribution < 1.29 is 14.3 Å². The summed E-state index contributed by atoms with van der Waals surface area (Å²) in [5.74, 6) is 1.42. The van der Waals surface area contributed by atoms with Crippen molar-refractivity contribution >= 4 is 21.8 Å². The number of carbonyl (C=O) groups excluding carboxylic acids is 1. The first-order valence-corrected chi connectivity index (χ1v) is 8.67. The fraction of sp³-hybridized carbons (Fsp3) is 0.316. The fourth-order valence-corrected chi connectivity index (χ4v) is 3.50. The van der Waals surface area contributed by atoms with Gasteiger partial charge < -0.3 is 14.8 Å². The van der Waals surface area contributed by atoms with E-state index in [1.54, 1.807) is 13.2 Å². The van der Waals surface area contributed by atoms with Crippen LogP contribution in [0.5, 0.6) is 11.5 Å². The summed E-state index contributed by atoms with van der Waals surface area (Å²) in [7, 11) is 1.59. The summed E-state index contributed by atoms with van der Waals surface area (Å²) >= 11 is 3.44. The Morgan fingerprint density at radius 1 is 1.29 bits per heavy atom. The monoisotopic (exact) mass is 389 g/mol. The van der Waals surface area contributed by atoms with Gasteiger partial charge in [-0.3, -0.25) is 4.79 Å². The van der Waals surface area contributed by atoms with Crippen LogP contribution >= 0.6 is 15.9 Å². The largest absolute Gasteiger partial charge is 0.497 e. The molecule has 1 aliphatic rings. The maximum absolute atomic E-state index is 12.7. The molecule has 0 fully saturated rings. The highest BCUT2D eigenvalue weighted by atomic mass is 79.9. The van der Waals surface area contributed by atoms with E-state index in [1.807, 2.05) is 19.1 Å². The van der Waals surface area contributed by atoms with Crippen LogP contribution in [-0.4, -0.2) is 19.6 Å². The van der Waals surface area contributed by atoms with E-state index < -0.39 is 0 Å². The average Bonchev–Trinajstić information content (AvgIpc) is 2.56. The first-order valence-electron chi connectivity index (χ1n) is 7.88. The summed E-state index contributed by atoms with van der Waals surface area (Å²) in [5, 5.41) is 3.13. The number of benzene rings is 2. The van der Waals surface area contributed by atoms with Gasteiger partial charge in [0, 0.05) is 16.5 Å². The molecule has 1 unspecified atom stereocenters. The highest BCUT2D eigenvalue weighted by molar-refractivity contribution is 9.10. The number of halogens is 1. The summed E-state index contributed by atoms with van der Waals surface area (Å²) in [6, 6.07) is 9.51. The molecule has 24 heavy (non-hydrogen) atoms. The second kappa shape index (κ2) is 6.85. The van der Waals surface area contributed by atoms with Gasteiger partial charge in [-0.1, -0.05) is 17.7 Å². The van der Waals surface area contributed by atoms with Crippen LogP contribution in [0.2, 0.25) is 0 Å². The van der Waals surface area contributed by atoms with Crippen LogP contribution in [0.4, 0.5) is 0 Å². The van der Waals surface area contributed by atoms with Gasteiger partial charge in [0.05, 0.1) is 25.3 Å². The summed E-state index contributed by atoms with van der Waals surface area (Å²) in [6.45, 7) is 4.69. The molecule has 1 aliphatic heterocycles. The summed E-state index contributed by atoms with van der Waals surface area (Å²) < 4.78 is 11.8. The third-order valence-corrected chi connectivity index (χ3v) is 4.89. The standard InChI is InChI=1S/C19H20BrNO3/c1-11-8-12(2)18-15(9-11)17(6-7-24-18)21-19(22)14-10-13(23-3)4-5-16(14)20/h4-5,8-10,17H,6-7H2,1-3H3,(H,21,22). The molecule has 4 nitrogen and oxygen atoms in total. The zero-order valence-electron chi connectivity index (χ0n) is 14.0. The Balaban J connectivity index is 1.89. The van der Waals surface area contributed by atoms with Gasteiger partial charge in [-0.25, -0.2) is 0 Å². The average molecular weight is 390 g/mol. The number of nitrogens with one attached hydrogen (secondary N) is 1. The molecule has 1 amide bonds. The lowest BCUT2D eigenvalue weighted by molar-refractivity contribution is 0.0923. The Kier molecular flexibility index (Phi) is 4.81. The van der Waals surface area contributed by atoms with Crippen LogP contribution in [-0.2, 0) is 0 Å². The summed E-state index contributed by atoms with van der Waals surface area (Å²) in [4.78, 5) is 12.7. The van der Waals surface area contributed by atoms with Crippen LogP contribution in [0.1, 0.15) is 39.5 Å². The molecule has 126 valence electrons. The van der Waals surface area contributed by atoms with Gasteiger partial charge in [-0.15, -0.1) is 0 Å². The number of methoxy groups -OCH3 is 1. The molecule has 1 atom stereocenters. The number of rotatable bonds is 3. The predicted octanol–water partition coefficient (Wildman–Crippen LogP) is 4.33. The van der Waals surface area contributed by atoms with E-state index in [9.17, 15) is 4.79 Å². The van der Waals surface area contributed by atoms with Crippen molar-refractivity contribution in [1.82, 2.24) is 5.32 Å². The topological polar surface area (TPSA) is 47.6 Å². The zero-order chi connectivity index (χ0) is 17.3. The predicted molar refractivity (Wildman–Crippen MR) is 96.9 cm³/mol. The first-order chi connectivity index (χ1) is 11.5. The van der Waals surface area contributed by atoms with Gasteiger partial charge in [-0.05, 0) is 53.5 Å². The second-order valence-electron chi connectivity index (χ2n) is 6.01. The lowest BCUT2D eigenvalue weighted by atomic mass is 9.95. The number of ether oxygens (including phenoxy) is 2. The molecule has 3 rings (SSSR count). The van der Waals surface area contributed by atoms with Gasteiger partial charge in [0.1, 0.15) is 11.5 Å². The molecule has 1 N–H and O–H groups in total. The van der Waals surface area contributed by atoms with E-state index in [1.165, 1.54) is 5.56 Å². The van der Waals surface area contributed by atoms with Gasteiger partial charge in [0.15, 0.2) is 0 Å². The molecule has 0 aromatic heterocycles. The summed E-state index contributed by atoms with van der Waals surface area (Å²) in [5.41, 5.74) is 3.88. The lowest BCUT2D eigenvalue weighted by Gasteiger charge is -2.28. The van der Waals surface area contributed by atoms with Gasteiger partial charge in [0.25, 0.3) is 5.91 Å². The zero-order valence-corrected chi connectivity index (χ0v) is 15.6. The van der Waals surface area contributed by atoms with Crippen molar-refractivity contribution in [2.75, 3.05) is 13.7 Å². The molecule has 0 bridgehead atoms. The minimum absolute atomic E-state index is 0.0575. The smallest absolute Gasteiger partial charge is 0.253 e. The number of hydrogen-bond donors (Lipinski definition) is 1. The quantitative estimate of drug-likeness (QED) is 0.849. The molecule has 2 aromatic rings. The van der Waals surface area contributed by atoms with Crippen molar-refractivity contribution in [3.8, 4) is 11.5 Å². The molecule has 0 aliphatic carbocycles. The number of carbonyl (C=O) groups is 1. The number of hydrogen-bond acceptors (Lipinski definition) is 3. The molecule has 0 radical (unpaired) electrons. The first kappa shape index (κ1) is 16.8. The Morgan fingerprint density at radius 3 is 2.83 bits per heavy atom. The minimum Gasteiger partial charge on any atom is -0.497 e.